The SMILES string of the molecule is CC[N+](CC)(CCCN=C=Nc1ccccc1)Cc1ccccc1.[Br-]. The lowest BCUT2D eigenvalue weighted by atomic mass is 10.1. The first-order valence-corrected chi connectivity index (χ1v) is 8.84. The number of quaternary nitrogens is 1. The second kappa shape index (κ2) is 11.8. The molecule has 2 rings (SSSR count). The van der Waals surface area contributed by atoms with Crippen LogP contribution in [0.15, 0.2) is 70.6 Å². The highest BCUT2D eigenvalue weighted by Crippen LogP contribution is 2.15. The molecule has 2 aromatic carbocycles. The Morgan fingerprint density at radius 2 is 1.48 bits per heavy atom. The van der Waals surface area contributed by atoms with Gasteiger partial charge in [-0.15, -0.1) is 0 Å². The van der Waals surface area contributed by atoms with Crippen LogP contribution in [0.5, 0.6) is 0 Å². The average molecular weight is 402 g/mol. The fourth-order valence-electron chi connectivity index (χ4n) is 2.94. The number of benzene rings is 2. The number of rotatable bonds is 9. The zero-order valence-corrected chi connectivity index (χ0v) is 16.8. The summed E-state index contributed by atoms with van der Waals surface area (Å²) >= 11 is 0. The van der Waals surface area contributed by atoms with E-state index in [1.807, 2.05) is 30.3 Å². The number of hydrogen-bond acceptors (Lipinski definition) is 2. The lowest BCUT2D eigenvalue weighted by molar-refractivity contribution is -0.937. The first-order chi connectivity index (χ1) is 11.8. The highest BCUT2D eigenvalue weighted by Gasteiger charge is 2.22. The van der Waals surface area contributed by atoms with Crippen molar-refractivity contribution in [2.45, 2.75) is 26.8 Å². The lowest BCUT2D eigenvalue weighted by Gasteiger charge is -2.37. The number of nitrogens with zero attached hydrogens (tertiary/aromatic N) is 3. The maximum absolute atomic E-state index is 4.32. The van der Waals surface area contributed by atoms with E-state index in [4.69, 9.17) is 0 Å². The molecule has 3 nitrogen and oxygen atoms in total. The highest BCUT2D eigenvalue weighted by atomic mass is 79.9. The first-order valence-electron chi connectivity index (χ1n) is 8.84. The van der Waals surface area contributed by atoms with Crippen LogP contribution < -0.4 is 17.0 Å². The summed E-state index contributed by atoms with van der Waals surface area (Å²) in [5.41, 5.74) is 2.31. The van der Waals surface area contributed by atoms with Gasteiger partial charge in [-0.3, -0.25) is 0 Å². The van der Waals surface area contributed by atoms with E-state index in [0.29, 0.717) is 0 Å². The van der Waals surface area contributed by atoms with Crippen molar-refractivity contribution in [3.63, 3.8) is 0 Å². The smallest absolute Gasteiger partial charge is 0.104 e. The Balaban J connectivity index is 0.00000312. The topological polar surface area (TPSA) is 24.7 Å². The van der Waals surface area contributed by atoms with Gasteiger partial charge in [-0.1, -0.05) is 48.5 Å². The van der Waals surface area contributed by atoms with Crippen molar-refractivity contribution < 1.29 is 21.5 Å². The van der Waals surface area contributed by atoms with Gasteiger partial charge in [0.1, 0.15) is 6.54 Å². The fraction of sp³-hybridized carbons (Fsp3) is 0.381. The molecule has 0 atom stereocenters. The second-order valence-electron chi connectivity index (χ2n) is 6.12. The van der Waals surface area contributed by atoms with Crippen LogP contribution in [0.1, 0.15) is 25.8 Å². The Labute approximate surface area is 162 Å². The maximum atomic E-state index is 4.32. The minimum atomic E-state index is 0. The predicted molar refractivity (Wildman–Crippen MR) is 102 cm³/mol. The molecular weight excluding hydrogens is 374 g/mol. The molecule has 0 aliphatic carbocycles. The van der Waals surface area contributed by atoms with Crippen molar-refractivity contribution in [1.82, 2.24) is 0 Å². The first kappa shape index (κ1) is 21.3. The molecule has 0 heterocycles. The van der Waals surface area contributed by atoms with Crippen LogP contribution in [-0.2, 0) is 6.54 Å². The van der Waals surface area contributed by atoms with E-state index in [2.05, 4.69) is 60.2 Å². The van der Waals surface area contributed by atoms with E-state index < -0.39 is 0 Å². The van der Waals surface area contributed by atoms with Crippen LogP contribution in [0.2, 0.25) is 0 Å². The average Bonchev–Trinajstić information content (AvgIpc) is 2.65. The normalized spacial score (nSPS) is 10.5. The summed E-state index contributed by atoms with van der Waals surface area (Å²) in [6, 6.07) is 23.4. The molecule has 0 saturated carbocycles. The number of hydrogen-bond donors (Lipinski definition) is 0. The minimum absolute atomic E-state index is 0. The molecule has 0 radical (unpaired) electrons. The Morgan fingerprint density at radius 1 is 0.880 bits per heavy atom. The molecule has 0 fully saturated rings. The predicted octanol–water partition coefficient (Wildman–Crippen LogP) is 1.94. The third-order valence-corrected chi connectivity index (χ3v) is 4.61. The van der Waals surface area contributed by atoms with Crippen LogP contribution in [0, 0.1) is 0 Å². The van der Waals surface area contributed by atoms with Crippen molar-refractivity contribution in [3.05, 3.63) is 66.2 Å². The van der Waals surface area contributed by atoms with E-state index in [0.717, 1.165) is 49.3 Å². The van der Waals surface area contributed by atoms with E-state index in [1.165, 1.54) is 5.56 Å². The molecule has 134 valence electrons. The molecule has 0 unspecified atom stereocenters. The Morgan fingerprint density at radius 3 is 2.08 bits per heavy atom. The number of para-hydroxylation sites is 1. The molecule has 0 amide bonds. The van der Waals surface area contributed by atoms with Gasteiger partial charge in [-0.2, -0.15) is 4.99 Å². The Hall–Kier alpha value is -1.74. The molecule has 0 spiro atoms. The third kappa shape index (κ3) is 7.35. The van der Waals surface area contributed by atoms with E-state index >= 15 is 0 Å². The van der Waals surface area contributed by atoms with Gasteiger partial charge in [0, 0.05) is 12.0 Å². The molecule has 25 heavy (non-hydrogen) atoms. The molecule has 4 heteroatoms. The monoisotopic (exact) mass is 401 g/mol. The largest absolute Gasteiger partial charge is 1.00 e. The van der Waals surface area contributed by atoms with Crippen molar-refractivity contribution in [2.24, 2.45) is 9.98 Å². The van der Waals surface area contributed by atoms with Crippen molar-refractivity contribution in [2.75, 3.05) is 26.2 Å². The van der Waals surface area contributed by atoms with E-state index in [-0.39, 0.29) is 17.0 Å². The van der Waals surface area contributed by atoms with Gasteiger partial charge in [0.15, 0.2) is 0 Å². The summed E-state index contributed by atoms with van der Waals surface area (Å²) in [6.07, 6.45) is 1.06. The lowest BCUT2D eigenvalue weighted by Crippen LogP contribution is -3.00. The van der Waals surface area contributed by atoms with Crippen molar-refractivity contribution >= 4 is 11.7 Å². The summed E-state index contributed by atoms with van der Waals surface area (Å²) in [7, 11) is 0. The van der Waals surface area contributed by atoms with E-state index in [9.17, 15) is 0 Å². The summed E-state index contributed by atoms with van der Waals surface area (Å²) in [6.45, 7) is 9.87. The van der Waals surface area contributed by atoms with Crippen molar-refractivity contribution in [3.8, 4) is 0 Å². The summed E-state index contributed by atoms with van der Waals surface area (Å²) in [5, 5.41) is 0. The number of halogens is 1. The molecular formula is C21H28BrN3. The molecule has 0 N–H and O–H groups in total. The van der Waals surface area contributed by atoms with Crippen molar-refractivity contribution in [1.29, 1.82) is 0 Å². The van der Waals surface area contributed by atoms with Crippen LogP contribution in [-0.4, -0.2) is 36.7 Å². The van der Waals surface area contributed by atoms with Crippen LogP contribution in [0.25, 0.3) is 0 Å². The highest BCUT2D eigenvalue weighted by molar-refractivity contribution is 5.51. The summed E-state index contributed by atoms with van der Waals surface area (Å²) in [4.78, 5) is 8.55. The maximum Gasteiger partial charge on any atom is 0.104 e. The number of aliphatic imine (C=N–C) groups is 2. The van der Waals surface area contributed by atoms with Gasteiger partial charge in [-0.25, -0.2) is 4.99 Å². The zero-order chi connectivity index (χ0) is 17.1. The van der Waals surface area contributed by atoms with Crippen LogP contribution in [0.3, 0.4) is 0 Å². The molecule has 0 aliphatic rings. The zero-order valence-electron chi connectivity index (χ0n) is 15.2. The Bertz CT molecular complexity index is 645. The van der Waals surface area contributed by atoms with Crippen LogP contribution in [0.4, 0.5) is 5.69 Å². The summed E-state index contributed by atoms with van der Waals surface area (Å²) in [5.74, 6) is 0. The third-order valence-electron chi connectivity index (χ3n) is 4.61. The van der Waals surface area contributed by atoms with Gasteiger partial charge < -0.3 is 21.5 Å². The standard InChI is InChI=1S/C21H28N3.BrH/c1-3-24(4-2,18-20-12-7-5-8-13-20)17-11-16-22-19-23-21-14-9-6-10-15-21;/h5-10,12-15H,3-4,11,16-18H2,1-2H3;1H/q+1;/p-1. The fourth-order valence-corrected chi connectivity index (χ4v) is 2.94. The second-order valence-corrected chi connectivity index (χ2v) is 6.12. The summed E-state index contributed by atoms with van der Waals surface area (Å²) < 4.78 is 1.11. The molecule has 2 aromatic rings. The minimum Gasteiger partial charge on any atom is -1.00 e. The van der Waals surface area contributed by atoms with Gasteiger partial charge in [0.2, 0.25) is 0 Å². The molecule has 0 aromatic heterocycles. The van der Waals surface area contributed by atoms with E-state index in [1.54, 1.807) is 0 Å². The molecule has 0 aliphatic heterocycles. The van der Waals surface area contributed by atoms with Gasteiger partial charge in [-0.05, 0) is 26.0 Å². The van der Waals surface area contributed by atoms with Gasteiger partial charge >= 0.3 is 0 Å². The molecule has 0 bridgehead atoms. The quantitative estimate of drug-likeness (QED) is 0.348. The Kier molecular flexibility index (Phi) is 10.0. The van der Waals surface area contributed by atoms with Gasteiger partial charge in [0.25, 0.3) is 0 Å². The van der Waals surface area contributed by atoms with Gasteiger partial charge in [0.05, 0.1) is 37.9 Å². The van der Waals surface area contributed by atoms with Crippen LogP contribution >= 0.6 is 0 Å². The molecule has 0 saturated heterocycles.